The van der Waals surface area contributed by atoms with E-state index in [0.717, 1.165) is 53.8 Å². The molecule has 3 aliphatic rings. The van der Waals surface area contributed by atoms with Gasteiger partial charge in [-0.25, -0.2) is 4.79 Å². The van der Waals surface area contributed by atoms with Crippen molar-refractivity contribution in [2.24, 2.45) is 0 Å². The zero-order valence-corrected chi connectivity index (χ0v) is 47.1. The van der Waals surface area contributed by atoms with Crippen LogP contribution in [0.25, 0.3) is 49.9 Å². The highest BCUT2D eigenvalue weighted by molar-refractivity contribution is 7.16. The molecule has 0 unspecified atom stereocenters. The molecule has 3 nitrogen and oxygen atoms in total. The topological polar surface area (TPSA) is 61.1 Å². The lowest BCUT2D eigenvalue weighted by Gasteiger charge is -2.35. The first-order valence-corrected chi connectivity index (χ1v) is 30.2. The molecule has 1 heterocycles. The van der Waals surface area contributed by atoms with Gasteiger partial charge in [0.2, 0.25) is 0 Å². The maximum absolute atomic E-state index is 11.8. The van der Waals surface area contributed by atoms with E-state index in [1.807, 2.05) is 12.1 Å². The molecule has 3 aliphatic carbocycles. The molecule has 0 radical (unpaired) electrons. The fourth-order valence-corrected chi connectivity index (χ4v) is 15.4. The number of carboxylic acid groups (broad SMARTS) is 1. The van der Waals surface area contributed by atoms with Gasteiger partial charge in [0, 0.05) is 31.9 Å². The molecule has 10 rings (SSSR count). The molecule has 7 aromatic rings. The number of nitriles is 1. The van der Waals surface area contributed by atoms with Gasteiger partial charge in [-0.05, 0) is 152 Å². The van der Waals surface area contributed by atoms with Crippen LogP contribution in [0.3, 0.4) is 0 Å². The smallest absolute Gasteiger partial charge is 0.346 e. The third kappa shape index (κ3) is 9.23. The highest BCUT2D eigenvalue weighted by Crippen LogP contribution is 2.59. The van der Waals surface area contributed by atoms with E-state index in [1.54, 1.807) is 11.3 Å². The predicted molar refractivity (Wildman–Crippen MR) is 321 cm³/mol. The highest BCUT2D eigenvalue weighted by Gasteiger charge is 2.46. The van der Waals surface area contributed by atoms with E-state index >= 15 is 0 Å². The van der Waals surface area contributed by atoms with E-state index in [4.69, 9.17) is 0 Å². The Labute approximate surface area is 459 Å². The van der Waals surface area contributed by atoms with Gasteiger partial charge < -0.3 is 5.11 Å². The number of fused-ring (bicyclic) bond motifs is 9. The average molecular weight is 1020 g/mol. The Bertz CT molecular complexity index is 3180. The molecule has 0 atom stereocenters. The molecule has 0 fully saturated rings. The summed E-state index contributed by atoms with van der Waals surface area (Å²) in [5.74, 6) is -1.19. The fraction of sp³-hybridized carbons (Fsp3) is 0.389. The standard InChI is InChI=1S/C72H79NO2S/c1-7-13-37-70(38-14-8-2)61-25-21-19-23-55(61)57-33-28-50(45-64(57)70)68(51-29-34-58-56-24-20-22-26-62(56)71(39-15-9-3,40-16-10-4)65(58)46-51)52-30-35-60-59-32-27-49(67-36-31-54(76-67)43-53(48-73)69(74)75)44-63(59)72(41-17-11-5,42-18-12-6)66(60)47-52/h19-36,43-47,68H,7-18,37-42H2,1-6H3,(H,74,75)/b53-43+. The largest absolute Gasteiger partial charge is 0.477 e. The number of aliphatic carboxylic acids is 1. The van der Waals surface area contributed by atoms with Gasteiger partial charge in [-0.2, -0.15) is 5.26 Å². The second kappa shape index (κ2) is 22.7. The predicted octanol–water partition coefficient (Wildman–Crippen LogP) is 20.5. The van der Waals surface area contributed by atoms with Crippen molar-refractivity contribution < 1.29 is 9.90 Å². The lowest BCUT2D eigenvalue weighted by Crippen LogP contribution is -2.26. The van der Waals surface area contributed by atoms with Gasteiger partial charge in [0.15, 0.2) is 0 Å². The van der Waals surface area contributed by atoms with Crippen LogP contribution in [-0.2, 0) is 21.0 Å². The lowest BCUT2D eigenvalue weighted by molar-refractivity contribution is -0.132. The summed E-state index contributed by atoms with van der Waals surface area (Å²) >= 11 is 1.55. The Morgan fingerprint density at radius 3 is 1.21 bits per heavy atom. The number of nitrogens with zero attached hydrogens (tertiary/aromatic N) is 1. The first-order chi connectivity index (χ1) is 37.1. The summed E-state index contributed by atoms with van der Waals surface area (Å²) in [5, 5.41) is 19.2. The SMILES string of the molecule is CCCCC1(CCCC)c2ccccc2-c2ccc(C(c3ccc4c(c3)C(CCCC)(CCCC)c3ccccc3-4)c3ccc4c(c3)C(CCCC)(CCCC)c3cc(-c5ccc(/C=C(\C#N)C(=O)O)s5)ccc3-4)cc21. The third-order valence-electron chi connectivity index (χ3n) is 18.3. The minimum atomic E-state index is -1.20. The maximum Gasteiger partial charge on any atom is 0.346 e. The number of hydrogen-bond donors (Lipinski definition) is 1. The van der Waals surface area contributed by atoms with Gasteiger partial charge in [0.1, 0.15) is 11.6 Å². The van der Waals surface area contributed by atoms with E-state index in [-0.39, 0.29) is 27.7 Å². The van der Waals surface area contributed by atoms with Crippen molar-refractivity contribution >= 4 is 23.4 Å². The number of rotatable bonds is 24. The van der Waals surface area contributed by atoms with E-state index in [9.17, 15) is 15.2 Å². The van der Waals surface area contributed by atoms with Crippen molar-refractivity contribution in [1.82, 2.24) is 0 Å². The number of thiophene rings is 1. The van der Waals surface area contributed by atoms with Crippen molar-refractivity contribution in [2.45, 2.75) is 179 Å². The summed E-state index contributed by atoms with van der Waals surface area (Å²) in [6, 6.07) is 54.8. The van der Waals surface area contributed by atoms with Crippen molar-refractivity contribution in [2.75, 3.05) is 0 Å². The molecule has 0 bridgehead atoms. The molecule has 1 N–H and O–H groups in total. The van der Waals surface area contributed by atoms with Crippen LogP contribution in [0.15, 0.2) is 139 Å². The van der Waals surface area contributed by atoms with E-state index < -0.39 is 5.97 Å². The monoisotopic (exact) mass is 1020 g/mol. The van der Waals surface area contributed by atoms with E-state index in [2.05, 4.69) is 169 Å². The third-order valence-corrected chi connectivity index (χ3v) is 19.3. The average Bonchev–Trinajstić information content (AvgIpc) is 4.23. The number of carboxylic acids is 1. The Balaban J connectivity index is 1.19. The van der Waals surface area contributed by atoms with Crippen molar-refractivity contribution in [3.05, 3.63) is 194 Å². The first-order valence-electron chi connectivity index (χ1n) is 29.4. The zero-order valence-electron chi connectivity index (χ0n) is 46.3. The Morgan fingerprint density at radius 1 is 0.474 bits per heavy atom. The highest BCUT2D eigenvalue weighted by atomic mass is 32.1. The molecule has 390 valence electrons. The zero-order chi connectivity index (χ0) is 53.0. The summed E-state index contributed by atoms with van der Waals surface area (Å²) in [5.41, 5.74) is 22.2. The first kappa shape index (κ1) is 53.1. The van der Waals surface area contributed by atoms with Crippen LogP contribution in [0.1, 0.15) is 218 Å². The van der Waals surface area contributed by atoms with Gasteiger partial charge in [-0.1, -0.05) is 234 Å². The molecule has 0 amide bonds. The minimum absolute atomic E-state index is 0.00875. The Kier molecular flexibility index (Phi) is 15.9. The quantitative estimate of drug-likeness (QED) is 0.0373. The summed E-state index contributed by atoms with van der Waals surface area (Å²) in [7, 11) is 0. The summed E-state index contributed by atoms with van der Waals surface area (Å²) in [6.07, 6.45) is 22.4. The summed E-state index contributed by atoms with van der Waals surface area (Å²) in [6.45, 7) is 14.1. The fourth-order valence-electron chi connectivity index (χ4n) is 14.5. The molecular formula is C72H79NO2S. The van der Waals surface area contributed by atoms with Crippen LogP contribution in [0.2, 0.25) is 0 Å². The van der Waals surface area contributed by atoms with Gasteiger partial charge in [0.05, 0.1) is 0 Å². The number of hydrogen-bond acceptors (Lipinski definition) is 3. The van der Waals surface area contributed by atoms with Crippen molar-refractivity contribution in [1.29, 1.82) is 5.26 Å². The van der Waals surface area contributed by atoms with Crippen molar-refractivity contribution in [3.8, 4) is 49.9 Å². The second-order valence-corrected chi connectivity index (χ2v) is 23.9. The molecular weight excluding hydrogens is 943 g/mol. The molecule has 0 aliphatic heterocycles. The van der Waals surface area contributed by atoms with Crippen LogP contribution in [0.4, 0.5) is 0 Å². The maximum atomic E-state index is 11.8. The minimum Gasteiger partial charge on any atom is -0.477 e. The van der Waals surface area contributed by atoms with Gasteiger partial charge in [-0.3, -0.25) is 0 Å². The summed E-state index contributed by atoms with van der Waals surface area (Å²) in [4.78, 5) is 13.6. The van der Waals surface area contributed by atoms with Gasteiger partial charge in [-0.15, -0.1) is 11.3 Å². The van der Waals surface area contributed by atoms with Crippen LogP contribution >= 0.6 is 11.3 Å². The number of carbonyl (C=O) groups is 1. The van der Waals surface area contributed by atoms with Crippen LogP contribution < -0.4 is 0 Å². The molecule has 4 heteroatoms. The molecule has 0 spiro atoms. The lowest BCUT2D eigenvalue weighted by atomic mass is 9.68. The van der Waals surface area contributed by atoms with Crippen LogP contribution in [0.5, 0.6) is 0 Å². The molecule has 0 saturated carbocycles. The van der Waals surface area contributed by atoms with Gasteiger partial charge >= 0.3 is 5.97 Å². The molecule has 0 saturated heterocycles. The molecule has 1 aromatic heterocycles. The van der Waals surface area contributed by atoms with Crippen LogP contribution in [0, 0.1) is 11.3 Å². The van der Waals surface area contributed by atoms with E-state index in [1.165, 1.54) is 167 Å². The number of unbranched alkanes of at least 4 members (excludes halogenated alkanes) is 6. The van der Waals surface area contributed by atoms with E-state index in [0.29, 0.717) is 0 Å². The normalized spacial score (nSPS) is 14.9. The second-order valence-electron chi connectivity index (χ2n) is 22.7. The molecule has 6 aromatic carbocycles. The van der Waals surface area contributed by atoms with Crippen LogP contribution in [-0.4, -0.2) is 11.1 Å². The Morgan fingerprint density at radius 2 is 0.829 bits per heavy atom. The van der Waals surface area contributed by atoms with Gasteiger partial charge in [0.25, 0.3) is 0 Å². The number of benzene rings is 6. The molecule has 76 heavy (non-hydrogen) atoms. The summed E-state index contributed by atoms with van der Waals surface area (Å²) < 4.78 is 0. The van der Waals surface area contributed by atoms with Crippen molar-refractivity contribution in [3.63, 3.8) is 0 Å². The Hall–Kier alpha value is -6.28.